The molecule has 1 rings (SSSR count). The summed E-state index contributed by atoms with van der Waals surface area (Å²) in [6, 6.07) is 5.81. The van der Waals surface area contributed by atoms with Crippen LogP contribution < -0.4 is 0 Å². The van der Waals surface area contributed by atoms with E-state index in [1.807, 2.05) is 6.07 Å². The Labute approximate surface area is 123 Å². The molecule has 0 saturated carbocycles. The van der Waals surface area contributed by atoms with Crippen molar-refractivity contribution in [2.75, 3.05) is 13.2 Å². The molecule has 20 heavy (non-hydrogen) atoms. The fourth-order valence-electron chi connectivity index (χ4n) is 2.28. The summed E-state index contributed by atoms with van der Waals surface area (Å²) in [6.07, 6.45) is 0. The van der Waals surface area contributed by atoms with Gasteiger partial charge in [-0.25, -0.2) is 0 Å². The molecular formula is C17H29NO2. The zero-order valence-electron chi connectivity index (χ0n) is 13.7. The van der Waals surface area contributed by atoms with E-state index in [0.717, 1.165) is 17.7 Å². The van der Waals surface area contributed by atoms with Gasteiger partial charge < -0.3 is 10.2 Å². The number of rotatable bonds is 4. The van der Waals surface area contributed by atoms with E-state index in [2.05, 4.69) is 52.5 Å². The van der Waals surface area contributed by atoms with Gasteiger partial charge in [0.15, 0.2) is 0 Å². The molecule has 1 aromatic rings. The molecule has 0 aliphatic carbocycles. The van der Waals surface area contributed by atoms with Crippen molar-refractivity contribution in [2.24, 2.45) is 0 Å². The number of hydrogen-bond acceptors (Lipinski definition) is 3. The van der Waals surface area contributed by atoms with Gasteiger partial charge in [-0.1, -0.05) is 32.9 Å². The fraction of sp³-hybridized carbons (Fsp3) is 0.647. The van der Waals surface area contributed by atoms with E-state index in [0.29, 0.717) is 12.3 Å². The van der Waals surface area contributed by atoms with Crippen LogP contribution in [0.1, 0.15) is 52.7 Å². The molecule has 2 N–H and O–H groups in total. The summed E-state index contributed by atoms with van der Waals surface area (Å²) in [5.74, 6) is 0.353. The van der Waals surface area contributed by atoms with Crippen molar-refractivity contribution < 1.29 is 10.2 Å². The van der Waals surface area contributed by atoms with E-state index in [9.17, 15) is 10.2 Å². The van der Waals surface area contributed by atoms with Crippen molar-refractivity contribution in [2.45, 2.75) is 59.0 Å². The van der Waals surface area contributed by atoms with Gasteiger partial charge in [0.1, 0.15) is 5.75 Å². The molecule has 0 radical (unpaired) electrons. The summed E-state index contributed by atoms with van der Waals surface area (Å²) in [7, 11) is 0. The van der Waals surface area contributed by atoms with E-state index in [1.165, 1.54) is 0 Å². The van der Waals surface area contributed by atoms with E-state index >= 15 is 0 Å². The largest absolute Gasteiger partial charge is 0.508 e. The van der Waals surface area contributed by atoms with Crippen LogP contribution in [-0.4, -0.2) is 33.8 Å². The van der Waals surface area contributed by atoms with Crippen molar-refractivity contribution >= 4 is 0 Å². The maximum atomic E-state index is 10.0. The highest BCUT2D eigenvalue weighted by Crippen LogP contribution is 2.32. The number of phenolic OH excluding ortho intramolecular Hbond substituents is 1. The summed E-state index contributed by atoms with van der Waals surface area (Å²) in [6.45, 7) is 14.3. The second-order valence-corrected chi connectivity index (χ2v) is 7.42. The van der Waals surface area contributed by atoms with Crippen LogP contribution in [0.2, 0.25) is 0 Å². The second kappa shape index (κ2) is 6.15. The number of aliphatic hydroxyl groups is 1. The van der Waals surface area contributed by atoms with Gasteiger partial charge in [-0.3, -0.25) is 4.90 Å². The van der Waals surface area contributed by atoms with Gasteiger partial charge in [0, 0.05) is 18.6 Å². The molecule has 1 aromatic carbocycles. The first kappa shape index (κ1) is 17.0. The lowest BCUT2D eigenvalue weighted by Gasteiger charge is -2.35. The fourth-order valence-corrected chi connectivity index (χ4v) is 2.28. The number of aliphatic hydroxyl groups excluding tert-OH is 1. The number of nitrogens with zero attached hydrogens (tertiary/aromatic N) is 1. The van der Waals surface area contributed by atoms with Crippen LogP contribution in [0, 0.1) is 0 Å². The van der Waals surface area contributed by atoms with Gasteiger partial charge >= 0.3 is 0 Å². The van der Waals surface area contributed by atoms with Crippen LogP contribution in [0.5, 0.6) is 5.75 Å². The molecule has 0 atom stereocenters. The Morgan fingerprint density at radius 2 is 1.65 bits per heavy atom. The zero-order chi connectivity index (χ0) is 15.6. The van der Waals surface area contributed by atoms with Crippen molar-refractivity contribution in [3.63, 3.8) is 0 Å². The average Bonchev–Trinajstić information content (AvgIpc) is 2.28. The topological polar surface area (TPSA) is 43.7 Å². The van der Waals surface area contributed by atoms with E-state index < -0.39 is 0 Å². The lowest BCUT2D eigenvalue weighted by molar-refractivity contribution is 0.0983. The highest BCUT2D eigenvalue weighted by atomic mass is 16.3. The molecule has 0 unspecified atom stereocenters. The molecule has 0 aliphatic heterocycles. The van der Waals surface area contributed by atoms with Gasteiger partial charge in [0.2, 0.25) is 0 Å². The number of aromatic hydroxyl groups is 1. The van der Waals surface area contributed by atoms with Crippen LogP contribution in [0.15, 0.2) is 18.2 Å². The SMILES string of the molecule is CC(C)(C)c1cc(CN(CCO)C(C)(C)C)ccc1O. The molecular weight excluding hydrogens is 250 g/mol. The molecule has 0 saturated heterocycles. The molecule has 0 amide bonds. The molecule has 0 aliphatic rings. The molecule has 0 fully saturated rings. The first-order valence-electron chi connectivity index (χ1n) is 7.24. The second-order valence-electron chi connectivity index (χ2n) is 7.42. The summed E-state index contributed by atoms with van der Waals surface area (Å²) in [5, 5.41) is 19.2. The minimum atomic E-state index is -0.0797. The van der Waals surface area contributed by atoms with Crippen LogP contribution >= 0.6 is 0 Å². The summed E-state index contributed by atoms with van der Waals surface area (Å²) >= 11 is 0. The molecule has 114 valence electrons. The molecule has 0 spiro atoms. The molecule has 3 nitrogen and oxygen atoms in total. The maximum absolute atomic E-state index is 10.0. The van der Waals surface area contributed by atoms with Crippen LogP contribution in [0.3, 0.4) is 0 Å². The number of hydrogen-bond donors (Lipinski definition) is 2. The molecule has 0 heterocycles. The van der Waals surface area contributed by atoms with Gasteiger partial charge in [-0.05, 0) is 43.4 Å². The van der Waals surface area contributed by atoms with Gasteiger partial charge in [-0.15, -0.1) is 0 Å². The van der Waals surface area contributed by atoms with Gasteiger partial charge in [-0.2, -0.15) is 0 Å². The van der Waals surface area contributed by atoms with E-state index in [-0.39, 0.29) is 17.6 Å². The van der Waals surface area contributed by atoms with Gasteiger partial charge in [0.05, 0.1) is 6.61 Å². The summed E-state index contributed by atoms with van der Waals surface area (Å²) in [5.41, 5.74) is 2.05. The average molecular weight is 279 g/mol. The first-order chi connectivity index (χ1) is 9.05. The Balaban J connectivity index is 3.03. The molecule has 3 heteroatoms. The minimum absolute atomic E-state index is 0.00249. The quantitative estimate of drug-likeness (QED) is 0.889. The Morgan fingerprint density at radius 1 is 1.05 bits per heavy atom. The van der Waals surface area contributed by atoms with Crippen LogP contribution in [0.4, 0.5) is 0 Å². The Hall–Kier alpha value is -1.06. The number of β-amino-alcohol motifs (C(OH)–C–C–N with tert-alkyl or cyclic N) is 1. The zero-order valence-corrected chi connectivity index (χ0v) is 13.7. The van der Waals surface area contributed by atoms with Crippen molar-refractivity contribution in [3.05, 3.63) is 29.3 Å². The molecule has 0 aromatic heterocycles. The summed E-state index contributed by atoms with van der Waals surface area (Å²) < 4.78 is 0. The monoisotopic (exact) mass is 279 g/mol. The highest BCUT2D eigenvalue weighted by Gasteiger charge is 2.23. The van der Waals surface area contributed by atoms with Gasteiger partial charge in [0.25, 0.3) is 0 Å². The number of benzene rings is 1. The van der Waals surface area contributed by atoms with Crippen molar-refractivity contribution in [1.82, 2.24) is 4.90 Å². The first-order valence-corrected chi connectivity index (χ1v) is 7.24. The number of phenols is 1. The Morgan fingerprint density at radius 3 is 2.10 bits per heavy atom. The lowest BCUT2D eigenvalue weighted by atomic mass is 9.85. The lowest BCUT2D eigenvalue weighted by Crippen LogP contribution is -2.42. The van der Waals surface area contributed by atoms with E-state index in [1.54, 1.807) is 6.07 Å². The van der Waals surface area contributed by atoms with Crippen LogP contribution in [-0.2, 0) is 12.0 Å². The predicted molar refractivity (Wildman–Crippen MR) is 84.1 cm³/mol. The standard InChI is InChI=1S/C17H29NO2/c1-16(2,3)14-11-13(7-8-15(14)20)12-18(9-10-19)17(4,5)6/h7-8,11,19-20H,9-10,12H2,1-6H3. The van der Waals surface area contributed by atoms with E-state index in [4.69, 9.17) is 0 Å². The smallest absolute Gasteiger partial charge is 0.119 e. The summed E-state index contributed by atoms with van der Waals surface area (Å²) in [4.78, 5) is 2.24. The Bertz CT molecular complexity index is 441. The van der Waals surface area contributed by atoms with Crippen LogP contribution in [0.25, 0.3) is 0 Å². The van der Waals surface area contributed by atoms with Crippen molar-refractivity contribution in [1.29, 1.82) is 0 Å². The third-order valence-corrected chi connectivity index (χ3v) is 3.56. The van der Waals surface area contributed by atoms with Crippen molar-refractivity contribution in [3.8, 4) is 5.75 Å². The Kier molecular flexibility index (Phi) is 5.22. The normalized spacial score (nSPS) is 13.0. The third kappa shape index (κ3) is 4.50. The molecule has 0 bridgehead atoms. The predicted octanol–water partition coefficient (Wildman–Crippen LogP) is 3.28. The third-order valence-electron chi connectivity index (χ3n) is 3.56. The highest BCUT2D eigenvalue weighted by molar-refractivity contribution is 5.40. The minimum Gasteiger partial charge on any atom is -0.508 e. The maximum Gasteiger partial charge on any atom is 0.119 e.